The summed E-state index contributed by atoms with van der Waals surface area (Å²) >= 11 is 0. The quantitative estimate of drug-likeness (QED) is 0.840. The molecule has 0 unspecified atom stereocenters. The van der Waals surface area contributed by atoms with Crippen LogP contribution in [0.3, 0.4) is 0 Å². The molecule has 1 aromatic rings. The highest BCUT2D eigenvalue weighted by Gasteiger charge is 2.25. The molecule has 1 amide bonds. The third kappa shape index (κ3) is 4.26. The van der Waals surface area contributed by atoms with Gasteiger partial charge >= 0.3 is 6.09 Å². The first-order chi connectivity index (χ1) is 10.4. The Morgan fingerprint density at radius 2 is 2.00 bits per heavy atom. The average Bonchev–Trinajstić information content (AvgIpc) is 2.71. The normalized spacial score (nSPS) is 16.2. The fourth-order valence-corrected chi connectivity index (χ4v) is 2.42. The third-order valence-corrected chi connectivity index (χ3v) is 3.42. The van der Waals surface area contributed by atoms with Crippen molar-refractivity contribution in [1.82, 2.24) is 9.88 Å². The van der Waals surface area contributed by atoms with Crippen molar-refractivity contribution in [1.29, 1.82) is 0 Å². The monoisotopic (exact) mass is 307 g/mol. The Balaban J connectivity index is 2.02. The van der Waals surface area contributed by atoms with Crippen molar-refractivity contribution in [3.63, 3.8) is 0 Å². The number of carbonyl (C=O) groups excluding carboxylic acids is 1. The summed E-state index contributed by atoms with van der Waals surface area (Å²) in [5, 5.41) is 0. The number of methoxy groups -OCH3 is 1. The first-order valence-corrected chi connectivity index (χ1v) is 7.62. The molecule has 6 heteroatoms. The summed E-state index contributed by atoms with van der Waals surface area (Å²) in [5.74, 6) is 1.59. The number of aromatic nitrogens is 1. The number of hydrogen-bond donors (Lipinski definition) is 0. The Labute approximate surface area is 132 Å². The number of nitrogens with zero attached hydrogens (tertiary/aromatic N) is 3. The van der Waals surface area contributed by atoms with Crippen LogP contribution >= 0.6 is 0 Å². The maximum atomic E-state index is 12.2. The molecule has 0 aliphatic carbocycles. The van der Waals surface area contributed by atoms with Crippen molar-refractivity contribution in [3.8, 4) is 5.75 Å². The fraction of sp³-hybridized carbons (Fsp3) is 0.625. The molecule has 1 aliphatic rings. The van der Waals surface area contributed by atoms with Crippen LogP contribution in [-0.4, -0.2) is 54.9 Å². The van der Waals surface area contributed by atoms with Crippen molar-refractivity contribution in [2.75, 3.05) is 38.2 Å². The van der Waals surface area contributed by atoms with E-state index in [1.54, 1.807) is 18.2 Å². The zero-order valence-corrected chi connectivity index (χ0v) is 13.8. The van der Waals surface area contributed by atoms with Gasteiger partial charge in [0.25, 0.3) is 0 Å². The number of pyridine rings is 1. The van der Waals surface area contributed by atoms with Crippen molar-refractivity contribution in [2.24, 2.45) is 0 Å². The summed E-state index contributed by atoms with van der Waals surface area (Å²) in [7, 11) is 1.64. The summed E-state index contributed by atoms with van der Waals surface area (Å²) in [6.45, 7) is 8.52. The van der Waals surface area contributed by atoms with Crippen LogP contribution in [-0.2, 0) is 4.74 Å². The van der Waals surface area contributed by atoms with Gasteiger partial charge in [-0.2, -0.15) is 0 Å². The fourth-order valence-electron chi connectivity index (χ4n) is 2.42. The summed E-state index contributed by atoms with van der Waals surface area (Å²) < 4.78 is 10.8. The largest absolute Gasteiger partial charge is 0.493 e. The van der Waals surface area contributed by atoms with Crippen molar-refractivity contribution in [2.45, 2.75) is 32.8 Å². The molecule has 1 fully saturated rings. The summed E-state index contributed by atoms with van der Waals surface area (Å²) in [6, 6.07) is 3.76. The van der Waals surface area contributed by atoms with E-state index in [0.717, 1.165) is 24.5 Å². The third-order valence-electron chi connectivity index (χ3n) is 3.42. The van der Waals surface area contributed by atoms with Crippen LogP contribution in [0.4, 0.5) is 10.6 Å². The maximum Gasteiger partial charge on any atom is 0.410 e. The van der Waals surface area contributed by atoms with E-state index in [0.29, 0.717) is 19.6 Å². The molecule has 0 radical (unpaired) electrons. The Bertz CT molecular complexity index is 514. The Kier molecular flexibility index (Phi) is 5.11. The standard InChI is InChI=1S/C16H25N3O3/c1-16(2,3)22-15(20)19-10-6-9-18(11-12-19)14-13(21-4)7-5-8-17-14/h5,7-8H,6,9-12H2,1-4H3. The molecule has 2 rings (SSSR count). The predicted molar refractivity (Wildman–Crippen MR) is 85.4 cm³/mol. The Hall–Kier alpha value is -1.98. The average molecular weight is 307 g/mol. The molecule has 122 valence electrons. The van der Waals surface area contributed by atoms with E-state index in [1.807, 2.05) is 32.9 Å². The lowest BCUT2D eigenvalue weighted by Crippen LogP contribution is -2.39. The summed E-state index contributed by atoms with van der Waals surface area (Å²) in [6.07, 6.45) is 2.38. The molecule has 2 heterocycles. The highest BCUT2D eigenvalue weighted by molar-refractivity contribution is 5.68. The topological polar surface area (TPSA) is 54.9 Å². The van der Waals surface area contributed by atoms with Crippen LogP contribution < -0.4 is 9.64 Å². The van der Waals surface area contributed by atoms with E-state index in [1.165, 1.54) is 0 Å². The number of ether oxygens (including phenoxy) is 2. The molecule has 1 aliphatic heterocycles. The minimum absolute atomic E-state index is 0.248. The molecular formula is C16H25N3O3. The summed E-state index contributed by atoms with van der Waals surface area (Å²) in [4.78, 5) is 20.5. The molecule has 0 spiro atoms. The number of amides is 1. The molecule has 0 atom stereocenters. The lowest BCUT2D eigenvalue weighted by Gasteiger charge is -2.27. The lowest BCUT2D eigenvalue weighted by molar-refractivity contribution is 0.0263. The highest BCUT2D eigenvalue weighted by atomic mass is 16.6. The van der Waals surface area contributed by atoms with E-state index in [4.69, 9.17) is 9.47 Å². The molecule has 6 nitrogen and oxygen atoms in total. The van der Waals surface area contributed by atoms with Crippen molar-refractivity contribution < 1.29 is 14.3 Å². The summed E-state index contributed by atoms with van der Waals surface area (Å²) in [5.41, 5.74) is -0.465. The first kappa shape index (κ1) is 16.4. The molecule has 0 N–H and O–H groups in total. The van der Waals surface area contributed by atoms with E-state index in [9.17, 15) is 4.79 Å². The van der Waals surface area contributed by atoms with Gasteiger partial charge in [-0.15, -0.1) is 0 Å². The molecular weight excluding hydrogens is 282 g/mol. The number of anilines is 1. The second-order valence-corrected chi connectivity index (χ2v) is 6.34. The minimum Gasteiger partial charge on any atom is -0.493 e. The molecule has 1 saturated heterocycles. The van der Waals surface area contributed by atoms with Crippen molar-refractivity contribution in [3.05, 3.63) is 18.3 Å². The van der Waals surface area contributed by atoms with Crippen LogP contribution in [0.5, 0.6) is 5.75 Å². The maximum absolute atomic E-state index is 12.2. The van der Waals surface area contributed by atoms with Gasteiger partial charge in [-0.05, 0) is 39.3 Å². The van der Waals surface area contributed by atoms with Gasteiger partial charge in [-0.3, -0.25) is 0 Å². The van der Waals surface area contributed by atoms with E-state index in [2.05, 4.69) is 9.88 Å². The molecule has 1 aromatic heterocycles. The minimum atomic E-state index is -0.465. The van der Waals surface area contributed by atoms with Gasteiger partial charge in [0, 0.05) is 32.4 Å². The number of hydrogen-bond acceptors (Lipinski definition) is 5. The zero-order chi connectivity index (χ0) is 16.2. The SMILES string of the molecule is COc1cccnc1N1CCCN(C(=O)OC(C)(C)C)CC1. The van der Waals surface area contributed by atoms with Gasteiger partial charge in [0.2, 0.25) is 0 Å². The van der Waals surface area contributed by atoms with Crippen LogP contribution in [0.1, 0.15) is 27.2 Å². The Morgan fingerprint density at radius 1 is 1.23 bits per heavy atom. The first-order valence-electron chi connectivity index (χ1n) is 7.62. The second kappa shape index (κ2) is 6.85. The van der Waals surface area contributed by atoms with Crippen molar-refractivity contribution >= 4 is 11.9 Å². The van der Waals surface area contributed by atoms with Gasteiger partial charge in [0.1, 0.15) is 5.60 Å². The van der Waals surface area contributed by atoms with E-state index >= 15 is 0 Å². The number of rotatable bonds is 2. The van der Waals surface area contributed by atoms with Crippen LogP contribution in [0.2, 0.25) is 0 Å². The van der Waals surface area contributed by atoms with Gasteiger partial charge in [0.05, 0.1) is 7.11 Å². The number of carbonyl (C=O) groups is 1. The van der Waals surface area contributed by atoms with E-state index in [-0.39, 0.29) is 6.09 Å². The van der Waals surface area contributed by atoms with Crippen LogP contribution in [0, 0.1) is 0 Å². The molecule has 22 heavy (non-hydrogen) atoms. The predicted octanol–water partition coefficient (Wildman–Crippen LogP) is 2.54. The molecule has 0 bridgehead atoms. The second-order valence-electron chi connectivity index (χ2n) is 6.34. The van der Waals surface area contributed by atoms with Gasteiger partial charge in [0.15, 0.2) is 11.6 Å². The smallest absolute Gasteiger partial charge is 0.410 e. The van der Waals surface area contributed by atoms with E-state index < -0.39 is 5.60 Å². The van der Waals surface area contributed by atoms with Gasteiger partial charge < -0.3 is 19.3 Å². The van der Waals surface area contributed by atoms with Gasteiger partial charge in [-0.1, -0.05) is 0 Å². The van der Waals surface area contributed by atoms with Crippen LogP contribution in [0.25, 0.3) is 0 Å². The van der Waals surface area contributed by atoms with Gasteiger partial charge in [-0.25, -0.2) is 9.78 Å². The lowest BCUT2D eigenvalue weighted by atomic mass is 10.2. The van der Waals surface area contributed by atoms with Crippen LogP contribution in [0.15, 0.2) is 18.3 Å². The zero-order valence-electron chi connectivity index (χ0n) is 13.8. The molecule has 0 aromatic carbocycles. The highest BCUT2D eigenvalue weighted by Crippen LogP contribution is 2.25. The molecule has 0 saturated carbocycles. The Morgan fingerprint density at radius 3 is 2.68 bits per heavy atom.